The average molecular weight is 313 g/mol. The van der Waals surface area contributed by atoms with Gasteiger partial charge in [-0.25, -0.2) is 0 Å². The number of ketones is 1. The molecule has 1 saturated heterocycles. The van der Waals surface area contributed by atoms with E-state index in [1.807, 2.05) is 0 Å². The molecule has 1 heterocycles. The molecule has 2 atom stereocenters. The molecule has 2 aliphatic rings. The van der Waals surface area contributed by atoms with Gasteiger partial charge in [0, 0.05) is 13.0 Å². The summed E-state index contributed by atoms with van der Waals surface area (Å²) < 4.78 is 0. The smallest absolute Gasteiger partial charge is 0.150 e. The molecule has 2 nitrogen and oxygen atoms in total. The minimum Gasteiger partial charge on any atom is -0.298 e. The van der Waals surface area contributed by atoms with E-state index in [1.54, 1.807) is 0 Å². The second kappa shape index (κ2) is 8.10. The zero-order valence-corrected chi connectivity index (χ0v) is 14.5. The Morgan fingerprint density at radius 2 is 1.87 bits per heavy atom. The molecule has 0 bridgehead atoms. The topological polar surface area (TPSA) is 20.3 Å². The minimum absolute atomic E-state index is 0.198. The maximum atomic E-state index is 12.8. The van der Waals surface area contributed by atoms with Crippen LogP contribution in [0.25, 0.3) is 0 Å². The van der Waals surface area contributed by atoms with Gasteiger partial charge in [-0.3, -0.25) is 9.69 Å². The molecule has 1 aromatic carbocycles. The summed E-state index contributed by atoms with van der Waals surface area (Å²) in [5, 5.41) is 0. The molecular weight excluding hydrogens is 282 g/mol. The van der Waals surface area contributed by atoms with Crippen molar-refractivity contribution < 1.29 is 4.79 Å². The summed E-state index contributed by atoms with van der Waals surface area (Å²) >= 11 is 0. The Morgan fingerprint density at radius 1 is 1.13 bits per heavy atom. The number of hydrogen-bond donors (Lipinski definition) is 0. The Bertz CT molecular complexity index is 492. The van der Waals surface area contributed by atoms with Crippen LogP contribution in [0.1, 0.15) is 69.8 Å². The Kier molecular flexibility index (Phi) is 5.88. The standard InChI is InChI=1S/C21H31NO/c1-2-9-20(23)21(18-12-7-4-8-13-18)22-15-14-19(16-22)17-10-5-3-6-11-17/h3,5-6,10-11,18-19,21H,2,4,7-9,12-16H2,1H3/t19?,21-/m1/s1. The lowest BCUT2D eigenvalue weighted by Gasteiger charge is -2.36. The number of likely N-dealkylation sites (tertiary alicyclic amines) is 1. The Hall–Kier alpha value is -1.15. The van der Waals surface area contributed by atoms with E-state index < -0.39 is 0 Å². The molecule has 0 aromatic heterocycles. The maximum Gasteiger partial charge on any atom is 0.150 e. The molecule has 3 rings (SSSR count). The Labute approximate surface area is 141 Å². The minimum atomic E-state index is 0.198. The maximum absolute atomic E-state index is 12.8. The molecule has 2 fully saturated rings. The number of hydrogen-bond acceptors (Lipinski definition) is 2. The quantitative estimate of drug-likeness (QED) is 0.752. The van der Waals surface area contributed by atoms with Gasteiger partial charge in [-0.05, 0) is 49.6 Å². The van der Waals surface area contributed by atoms with Gasteiger partial charge in [0.25, 0.3) is 0 Å². The van der Waals surface area contributed by atoms with E-state index in [4.69, 9.17) is 0 Å². The normalized spacial score (nSPS) is 24.7. The van der Waals surface area contributed by atoms with Crippen molar-refractivity contribution in [3.63, 3.8) is 0 Å². The van der Waals surface area contributed by atoms with Gasteiger partial charge in [0.15, 0.2) is 0 Å². The fraction of sp³-hybridized carbons (Fsp3) is 0.667. The van der Waals surface area contributed by atoms with E-state index in [-0.39, 0.29) is 6.04 Å². The van der Waals surface area contributed by atoms with Crippen LogP contribution in [0.3, 0.4) is 0 Å². The van der Waals surface area contributed by atoms with Gasteiger partial charge in [0.05, 0.1) is 6.04 Å². The van der Waals surface area contributed by atoms with Crippen molar-refractivity contribution in [3.8, 4) is 0 Å². The van der Waals surface area contributed by atoms with Gasteiger partial charge in [0.1, 0.15) is 5.78 Å². The highest BCUT2D eigenvalue weighted by molar-refractivity contribution is 5.84. The summed E-state index contributed by atoms with van der Waals surface area (Å²) in [7, 11) is 0. The van der Waals surface area contributed by atoms with Gasteiger partial charge >= 0.3 is 0 Å². The number of nitrogens with zero attached hydrogens (tertiary/aromatic N) is 1. The van der Waals surface area contributed by atoms with Gasteiger partial charge in [-0.15, -0.1) is 0 Å². The highest BCUT2D eigenvalue weighted by Crippen LogP contribution is 2.35. The summed E-state index contributed by atoms with van der Waals surface area (Å²) in [6.07, 6.45) is 9.45. The number of carbonyl (C=O) groups is 1. The average Bonchev–Trinajstić information content (AvgIpc) is 3.07. The van der Waals surface area contributed by atoms with Crippen LogP contribution in [0.4, 0.5) is 0 Å². The van der Waals surface area contributed by atoms with Crippen LogP contribution in [0.2, 0.25) is 0 Å². The first-order chi connectivity index (χ1) is 11.3. The molecular formula is C21H31NO. The van der Waals surface area contributed by atoms with Crippen molar-refractivity contribution >= 4 is 5.78 Å². The van der Waals surface area contributed by atoms with Crippen LogP contribution in [-0.2, 0) is 4.79 Å². The first kappa shape index (κ1) is 16.7. The zero-order valence-electron chi connectivity index (χ0n) is 14.5. The summed E-state index contributed by atoms with van der Waals surface area (Å²) in [4.78, 5) is 15.4. The van der Waals surface area contributed by atoms with Crippen molar-refractivity contribution in [1.29, 1.82) is 0 Å². The van der Waals surface area contributed by atoms with E-state index in [9.17, 15) is 4.79 Å². The third-order valence-electron chi connectivity index (χ3n) is 5.81. The van der Waals surface area contributed by atoms with Crippen molar-refractivity contribution in [3.05, 3.63) is 35.9 Å². The first-order valence-corrected chi connectivity index (χ1v) is 9.61. The third kappa shape index (κ3) is 4.03. The number of Topliss-reactive ketones (excluding diaryl/α,β-unsaturated/α-hetero) is 1. The summed E-state index contributed by atoms with van der Waals surface area (Å²) in [5.41, 5.74) is 1.44. The fourth-order valence-corrected chi connectivity index (χ4v) is 4.65. The number of benzene rings is 1. The molecule has 0 radical (unpaired) electrons. The van der Waals surface area contributed by atoms with E-state index in [1.165, 1.54) is 44.1 Å². The first-order valence-electron chi connectivity index (χ1n) is 9.61. The molecule has 1 saturated carbocycles. The van der Waals surface area contributed by atoms with Crippen LogP contribution in [0, 0.1) is 5.92 Å². The van der Waals surface area contributed by atoms with Crippen LogP contribution in [0.5, 0.6) is 0 Å². The van der Waals surface area contributed by atoms with Crippen molar-refractivity contribution in [2.45, 2.75) is 70.3 Å². The van der Waals surface area contributed by atoms with Crippen LogP contribution in [0.15, 0.2) is 30.3 Å². The molecule has 126 valence electrons. The van der Waals surface area contributed by atoms with Crippen molar-refractivity contribution in [2.75, 3.05) is 13.1 Å². The summed E-state index contributed by atoms with van der Waals surface area (Å²) in [6, 6.07) is 11.1. The second-order valence-electron chi connectivity index (χ2n) is 7.45. The zero-order chi connectivity index (χ0) is 16.1. The van der Waals surface area contributed by atoms with Crippen molar-refractivity contribution in [2.24, 2.45) is 5.92 Å². The molecule has 0 spiro atoms. The predicted molar refractivity (Wildman–Crippen MR) is 95.7 cm³/mol. The highest BCUT2D eigenvalue weighted by atomic mass is 16.1. The largest absolute Gasteiger partial charge is 0.298 e. The van der Waals surface area contributed by atoms with Gasteiger partial charge in [0.2, 0.25) is 0 Å². The number of carbonyl (C=O) groups excluding carboxylic acids is 1. The van der Waals surface area contributed by atoms with Gasteiger partial charge in [-0.1, -0.05) is 56.5 Å². The van der Waals surface area contributed by atoms with E-state index in [2.05, 4.69) is 42.2 Å². The van der Waals surface area contributed by atoms with Crippen LogP contribution in [-0.4, -0.2) is 29.8 Å². The van der Waals surface area contributed by atoms with E-state index >= 15 is 0 Å². The van der Waals surface area contributed by atoms with Gasteiger partial charge < -0.3 is 0 Å². The SMILES string of the molecule is CCCC(=O)[C@@H](C1CCCCC1)N1CCC(c2ccccc2)C1. The monoisotopic (exact) mass is 313 g/mol. The molecule has 1 aliphatic carbocycles. The lowest BCUT2D eigenvalue weighted by Crippen LogP contribution is -2.45. The predicted octanol–water partition coefficient (Wildman–Crippen LogP) is 4.79. The Balaban J connectivity index is 1.71. The van der Waals surface area contributed by atoms with Crippen LogP contribution >= 0.6 is 0 Å². The molecule has 23 heavy (non-hydrogen) atoms. The highest BCUT2D eigenvalue weighted by Gasteiger charge is 2.37. The molecule has 0 amide bonds. The lowest BCUT2D eigenvalue weighted by atomic mass is 9.81. The molecule has 1 unspecified atom stereocenters. The van der Waals surface area contributed by atoms with E-state index in [0.29, 0.717) is 17.6 Å². The molecule has 1 aliphatic heterocycles. The van der Waals surface area contributed by atoms with Crippen LogP contribution < -0.4 is 0 Å². The second-order valence-corrected chi connectivity index (χ2v) is 7.45. The van der Waals surface area contributed by atoms with Gasteiger partial charge in [-0.2, -0.15) is 0 Å². The van der Waals surface area contributed by atoms with Crippen molar-refractivity contribution in [1.82, 2.24) is 4.90 Å². The van der Waals surface area contributed by atoms with E-state index in [0.717, 1.165) is 25.9 Å². The molecule has 0 N–H and O–H groups in total. The molecule has 1 aromatic rings. The summed E-state index contributed by atoms with van der Waals surface area (Å²) in [6.45, 7) is 4.30. The third-order valence-corrected chi connectivity index (χ3v) is 5.81. The lowest BCUT2D eigenvalue weighted by molar-refractivity contribution is -0.126. The fourth-order valence-electron chi connectivity index (χ4n) is 4.65. The number of rotatable bonds is 6. The summed E-state index contributed by atoms with van der Waals surface area (Å²) in [5.74, 6) is 1.72. The Morgan fingerprint density at radius 3 is 2.57 bits per heavy atom. The molecule has 2 heteroatoms.